The average molecular weight is 292 g/mol. The van der Waals surface area contributed by atoms with Crippen molar-refractivity contribution in [2.45, 2.75) is 12.5 Å². The number of rotatable bonds is 6. The Balaban J connectivity index is 1.30. The van der Waals surface area contributed by atoms with E-state index in [4.69, 9.17) is 14.2 Å². The van der Waals surface area contributed by atoms with Gasteiger partial charge in [-0.3, -0.25) is 4.90 Å². The molecule has 0 saturated carbocycles. The van der Waals surface area contributed by atoms with Gasteiger partial charge >= 0.3 is 0 Å². The molecule has 1 N–H and O–H groups in total. The number of hydrogen-bond acceptors (Lipinski definition) is 5. The van der Waals surface area contributed by atoms with Crippen LogP contribution in [0.5, 0.6) is 11.5 Å². The minimum absolute atomic E-state index is 0.100. The highest BCUT2D eigenvalue weighted by atomic mass is 16.6. The molecule has 2 aliphatic heterocycles. The predicted molar refractivity (Wildman–Crippen MR) is 81.1 cm³/mol. The fourth-order valence-corrected chi connectivity index (χ4v) is 2.68. The second kappa shape index (κ2) is 7.64. The minimum atomic E-state index is 0.100. The van der Waals surface area contributed by atoms with Crippen LogP contribution in [0.1, 0.15) is 6.42 Å². The summed E-state index contributed by atoms with van der Waals surface area (Å²) in [7, 11) is 0. The summed E-state index contributed by atoms with van der Waals surface area (Å²) in [5.41, 5.74) is 0. The summed E-state index contributed by atoms with van der Waals surface area (Å²) in [4.78, 5) is 2.46. The van der Waals surface area contributed by atoms with E-state index in [1.165, 1.54) is 0 Å². The van der Waals surface area contributed by atoms with Gasteiger partial charge < -0.3 is 19.5 Å². The number of ether oxygens (including phenoxy) is 3. The molecule has 0 bridgehead atoms. The predicted octanol–water partition coefficient (Wildman–Crippen LogP) is 1.14. The molecule has 5 nitrogen and oxygen atoms in total. The fourth-order valence-electron chi connectivity index (χ4n) is 2.68. The molecule has 0 aliphatic carbocycles. The SMILES string of the molecule is c1ccc2c(c1)OCC(CNCCCN1CCOCC1)O2. The Morgan fingerprint density at radius 2 is 1.95 bits per heavy atom. The molecule has 5 heteroatoms. The van der Waals surface area contributed by atoms with Crippen LogP contribution in [0.2, 0.25) is 0 Å². The maximum atomic E-state index is 5.91. The average Bonchev–Trinajstić information content (AvgIpc) is 2.55. The van der Waals surface area contributed by atoms with Gasteiger partial charge in [-0.15, -0.1) is 0 Å². The summed E-state index contributed by atoms with van der Waals surface area (Å²) in [5, 5.41) is 3.46. The Morgan fingerprint density at radius 1 is 1.14 bits per heavy atom. The Bertz CT molecular complexity index is 435. The number of morpholine rings is 1. The van der Waals surface area contributed by atoms with Crippen LogP contribution in [0.25, 0.3) is 0 Å². The van der Waals surface area contributed by atoms with Gasteiger partial charge in [0.2, 0.25) is 0 Å². The van der Waals surface area contributed by atoms with E-state index in [0.717, 1.165) is 63.9 Å². The first kappa shape index (κ1) is 14.6. The monoisotopic (exact) mass is 292 g/mol. The van der Waals surface area contributed by atoms with Crippen LogP contribution >= 0.6 is 0 Å². The molecule has 116 valence electrons. The van der Waals surface area contributed by atoms with Crippen LogP contribution in [-0.2, 0) is 4.74 Å². The zero-order valence-corrected chi connectivity index (χ0v) is 12.4. The molecule has 0 radical (unpaired) electrons. The second-order valence-corrected chi connectivity index (χ2v) is 5.51. The lowest BCUT2D eigenvalue weighted by molar-refractivity contribution is 0.0372. The van der Waals surface area contributed by atoms with E-state index in [1.807, 2.05) is 24.3 Å². The number of fused-ring (bicyclic) bond motifs is 1. The van der Waals surface area contributed by atoms with E-state index in [1.54, 1.807) is 0 Å². The van der Waals surface area contributed by atoms with Gasteiger partial charge in [0.1, 0.15) is 12.7 Å². The normalized spacial score (nSPS) is 22.2. The molecule has 1 fully saturated rings. The van der Waals surface area contributed by atoms with Gasteiger partial charge in [-0.25, -0.2) is 0 Å². The molecule has 21 heavy (non-hydrogen) atoms. The molecule has 0 amide bonds. The van der Waals surface area contributed by atoms with Gasteiger partial charge in [-0.1, -0.05) is 12.1 Å². The van der Waals surface area contributed by atoms with Crippen molar-refractivity contribution < 1.29 is 14.2 Å². The zero-order chi connectivity index (χ0) is 14.3. The Morgan fingerprint density at radius 3 is 2.81 bits per heavy atom. The second-order valence-electron chi connectivity index (χ2n) is 5.51. The van der Waals surface area contributed by atoms with Crippen molar-refractivity contribution in [2.75, 3.05) is 52.5 Å². The molecular weight excluding hydrogens is 268 g/mol. The molecule has 2 heterocycles. The summed E-state index contributed by atoms with van der Waals surface area (Å²) < 4.78 is 17.0. The van der Waals surface area contributed by atoms with E-state index in [-0.39, 0.29) is 6.10 Å². The van der Waals surface area contributed by atoms with Crippen molar-refractivity contribution in [3.63, 3.8) is 0 Å². The molecule has 2 aliphatic rings. The maximum absolute atomic E-state index is 5.91. The Labute approximate surface area is 126 Å². The molecule has 3 rings (SSSR count). The van der Waals surface area contributed by atoms with Gasteiger partial charge in [-0.2, -0.15) is 0 Å². The molecule has 1 atom stereocenters. The first-order valence-electron chi connectivity index (χ1n) is 7.81. The van der Waals surface area contributed by atoms with Crippen molar-refractivity contribution in [3.8, 4) is 11.5 Å². The van der Waals surface area contributed by atoms with Crippen LogP contribution < -0.4 is 14.8 Å². The van der Waals surface area contributed by atoms with Crippen LogP contribution in [0, 0.1) is 0 Å². The number of para-hydroxylation sites is 2. The molecule has 1 saturated heterocycles. The molecule has 1 aromatic carbocycles. The molecule has 0 aromatic heterocycles. The summed E-state index contributed by atoms with van der Waals surface area (Å²) in [6.07, 6.45) is 1.26. The molecular formula is C16H24N2O3. The smallest absolute Gasteiger partial charge is 0.161 e. The summed E-state index contributed by atoms with van der Waals surface area (Å²) in [5.74, 6) is 1.70. The van der Waals surface area contributed by atoms with E-state index >= 15 is 0 Å². The van der Waals surface area contributed by atoms with E-state index < -0.39 is 0 Å². The van der Waals surface area contributed by atoms with Crippen LogP contribution in [0.3, 0.4) is 0 Å². The third kappa shape index (κ3) is 4.33. The summed E-state index contributed by atoms with van der Waals surface area (Å²) in [6, 6.07) is 7.84. The van der Waals surface area contributed by atoms with E-state index in [9.17, 15) is 0 Å². The van der Waals surface area contributed by atoms with Crippen molar-refractivity contribution >= 4 is 0 Å². The lowest BCUT2D eigenvalue weighted by Crippen LogP contribution is -2.40. The van der Waals surface area contributed by atoms with Crippen molar-refractivity contribution in [1.29, 1.82) is 0 Å². The van der Waals surface area contributed by atoms with Crippen LogP contribution in [-0.4, -0.2) is 63.5 Å². The number of benzene rings is 1. The summed E-state index contributed by atoms with van der Waals surface area (Å²) >= 11 is 0. The lowest BCUT2D eigenvalue weighted by Gasteiger charge is -2.27. The van der Waals surface area contributed by atoms with Gasteiger partial charge in [-0.05, 0) is 31.6 Å². The van der Waals surface area contributed by atoms with Crippen molar-refractivity contribution in [2.24, 2.45) is 0 Å². The first-order chi connectivity index (χ1) is 10.4. The van der Waals surface area contributed by atoms with Gasteiger partial charge in [0.05, 0.1) is 13.2 Å². The van der Waals surface area contributed by atoms with E-state index in [0.29, 0.717) is 6.61 Å². The van der Waals surface area contributed by atoms with Gasteiger partial charge in [0.25, 0.3) is 0 Å². The maximum Gasteiger partial charge on any atom is 0.161 e. The zero-order valence-electron chi connectivity index (χ0n) is 12.4. The van der Waals surface area contributed by atoms with Crippen LogP contribution in [0.15, 0.2) is 24.3 Å². The van der Waals surface area contributed by atoms with E-state index in [2.05, 4.69) is 10.2 Å². The highest BCUT2D eigenvalue weighted by Gasteiger charge is 2.19. The third-order valence-corrected chi connectivity index (χ3v) is 3.87. The topological polar surface area (TPSA) is 43.0 Å². The summed E-state index contributed by atoms with van der Waals surface area (Å²) in [6.45, 7) is 7.48. The number of hydrogen-bond donors (Lipinski definition) is 1. The Hall–Kier alpha value is -1.30. The van der Waals surface area contributed by atoms with Gasteiger partial charge in [0, 0.05) is 19.6 Å². The van der Waals surface area contributed by atoms with Crippen molar-refractivity contribution in [1.82, 2.24) is 10.2 Å². The third-order valence-electron chi connectivity index (χ3n) is 3.87. The molecule has 1 aromatic rings. The number of nitrogens with zero attached hydrogens (tertiary/aromatic N) is 1. The number of nitrogens with one attached hydrogen (secondary N) is 1. The van der Waals surface area contributed by atoms with Gasteiger partial charge in [0.15, 0.2) is 11.5 Å². The largest absolute Gasteiger partial charge is 0.486 e. The standard InChI is InChI=1S/C16H24N2O3/c1-2-5-16-15(4-1)20-13-14(21-16)12-17-6-3-7-18-8-10-19-11-9-18/h1-2,4-5,14,17H,3,6-13H2. The molecule has 0 spiro atoms. The highest BCUT2D eigenvalue weighted by Crippen LogP contribution is 2.30. The first-order valence-corrected chi connectivity index (χ1v) is 7.81. The lowest BCUT2D eigenvalue weighted by atomic mass is 10.2. The van der Waals surface area contributed by atoms with Crippen LogP contribution in [0.4, 0.5) is 0 Å². The fraction of sp³-hybridized carbons (Fsp3) is 0.625. The quantitative estimate of drug-likeness (QED) is 0.797. The molecule has 1 unspecified atom stereocenters. The Kier molecular flexibility index (Phi) is 5.32. The van der Waals surface area contributed by atoms with Crippen molar-refractivity contribution in [3.05, 3.63) is 24.3 Å². The minimum Gasteiger partial charge on any atom is -0.486 e. The highest BCUT2D eigenvalue weighted by molar-refractivity contribution is 5.40.